The lowest BCUT2D eigenvalue weighted by Gasteiger charge is -1.99. The summed E-state index contributed by atoms with van der Waals surface area (Å²) in [5.74, 6) is -0.290. The van der Waals surface area contributed by atoms with Crippen molar-refractivity contribution >= 4 is 12.2 Å². The van der Waals surface area contributed by atoms with Crippen LogP contribution in [0.3, 0.4) is 0 Å². The average molecular weight is 205 g/mol. The van der Waals surface area contributed by atoms with Crippen LogP contribution >= 0.6 is 0 Å². The van der Waals surface area contributed by atoms with Crippen LogP contribution in [0.2, 0.25) is 0 Å². The second kappa shape index (κ2) is 5.96. The third kappa shape index (κ3) is 3.94. The van der Waals surface area contributed by atoms with Gasteiger partial charge in [0.05, 0.1) is 6.61 Å². The van der Waals surface area contributed by atoms with Gasteiger partial charge in [-0.15, -0.1) is 0 Å². The highest BCUT2D eigenvalue weighted by molar-refractivity contribution is 5.83. The molecule has 0 amide bonds. The second-order valence-electron chi connectivity index (χ2n) is 3.13. The van der Waals surface area contributed by atoms with Crippen molar-refractivity contribution in [1.82, 2.24) is 0 Å². The summed E-state index contributed by atoms with van der Waals surface area (Å²) < 4.78 is 4.76. The summed E-state index contributed by atoms with van der Waals surface area (Å²) in [6.45, 7) is 4.27. The normalized spacial score (nSPS) is 10.5. The fourth-order valence-corrected chi connectivity index (χ4v) is 1.16. The molecule has 0 aliphatic rings. The maximum absolute atomic E-state index is 11.0. The lowest BCUT2D eigenvalue weighted by molar-refractivity contribution is -0.141. The summed E-state index contributed by atoms with van der Waals surface area (Å²) in [6, 6.07) is 7.88. The van der Waals surface area contributed by atoms with Crippen molar-refractivity contribution in [3.05, 3.63) is 35.4 Å². The molecule has 0 aliphatic carbocycles. The summed E-state index contributed by atoms with van der Waals surface area (Å²) in [5.41, 5.74) is 2.17. The Morgan fingerprint density at radius 3 is 2.87 bits per heavy atom. The highest BCUT2D eigenvalue weighted by Crippen LogP contribution is 2.03. The molecule has 0 aliphatic heterocycles. The third-order valence-corrected chi connectivity index (χ3v) is 1.94. The van der Waals surface area contributed by atoms with Gasteiger partial charge in [0.2, 0.25) is 0 Å². The van der Waals surface area contributed by atoms with Crippen LogP contribution < -0.4 is 0 Å². The summed E-state index contributed by atoms with van der Waals surface area (Å²) in [7, 11) is 0. The van der Waals surface area contributed by atoms with E-state index in [2.05, 4.69) is 4.99 Å². The standard InChI is InChI=1S/C12H15NO2/c1-3-15-12(14)9-13-8-11-7-5-4-6-10(11)2/h4-8H,3,9H2,1-2H3/b13-8+. The first kappa shape index (κ1) is 11.4. The van der Waals surface area contributed by atoms with Crippen LogP contribution in [0, 0.1) is 6.92 Å². The van der Waals surface area contributed by atoms with Gasteiger partial charge in [0.1, 0.15) is 6.54 Å². The van der Waals surface area contributed by atoms with Crippen LogP contribution in [-0.2, 0) is 9.53 Å². The van der Waals surface area contributed by atoms with E-state index in [4.69, 9.17) is 4.74 Å². The summed E-state index contributed by atoms with van der Waals surface area (Å²) in [6.07, 6.45) is 1.70. The third-order valence-electron chi connectivity index (χ3n) is 1.94. The number of aryl methyl sites for hydroxylation is 1. The molecule has 1 aromatic rings. The zero-order valence-electron chi connectivity index (χ0n) is 9.06. The molecule has 15 heavy (non-hydrogen) atoms. The van der Waals surface area contributed by atoms with E-state index in [0.29, 0.717) is 6.61 Å². The molecule has 0 atom stereocenters. The topological polar surface area (TPSA) is 38.7 Å². The number of ether oxygens (including phenoxy) is 1. The molecular formula is C12H15NO2. The molecule has 0 aromatic heterocycles. The van der Waals surface area contributed by atoms with Crippen molar-refractivity contribution in [2.24, 2.45) is 4.99 Å². The molecular weight excluding hydrogens is 190 g/mol. The van der Waals surface area contributed by atoms with Crippen LogP contribution in [0.4, 0.5) is 0 Å². The Kier molecular flexibility index (Phi) is 4.54. The largest absolute Gasteiger partial charge is 0.465 e. The Bertz CT molecular complexity index is 358. The van der Waals surface area contributed by atoms with E-state index in [1.807, 2.05) is 31.2 Å². The maximum Gasteiger partial charge on any atom is 0.327 e. The maximum atomic E-state index is 11.0. The average Bonchev–Trinajstić information content (AvgIpc) is 2.21. The minimum atomic E-state index is -0.290. The van der Waals surface area contributed by atoms with Gasteiger partial charge in [-0.1, -0.05) is 24.3 Å². The molecule has 0 N–H and O–H groups in total. The number of aliphatic imine (C=N–C) groups is 1. The van der Waals surface area contributed by atoms with E-state index in [1.54, 1.807) is 13.1 Å². The van der Waals surface area contributed by atoms with Gasteiger partial charge in [0, 0.05) is 6.21 Å². The van der Waals surface area contributed by atoms with Crippen molar-refractivity contribution in [2.45, 2.75) is 13.8 Å². The van der Waals surface area contributed by atoms with E-state index in [-0.39, 0.29) is 12.5 Å². The van der Waals surface area contributed by atoms with Crippen LogP contribution in [0.5, 0.6) is 0 Å². The lowest BCUT2D eigenvalue weighted by atomic mass is 10.1. The van der Waals surface area contributed by atoms with Gasteiger partial charge in [0.15, 0.2) is 0 Å². The van der Waals surface area contributed by atoms with Gasteiger partial charge >= 0.3 is 5.97 Å². The highest BCUT2D eigenvalue weighted by atomic mass is 16.5. The molecule has 80 valence electrons. The Labute approximate surface area is 89.8 Å². The minimum absolute atomic E-state index is 0.0855. The molecule has 3 nitrogen and oxygen atoms in total. The second-order valence-corrected chi connectivity index (χ2v) is 3.13. The van der Waals surface area contributed by atoms with E-state index in [0.717, 1.165) is 11.1 Å². The van der Waals surface area contributed by atoms with Crippen LogP contribution in [0.25, 0.3) is 0 Å². The van der Waals surface area contributed by atoms with Crippen LogP contribution in [0.15, 0.2) is 29.3 Å². The molecule has 0 heterocycles. The first-order valence-corrected chi connectivity index (χ1v) is 4.95. The fraction of sp³-hybridized carbons (Fsp3) is 0.333. The molecule has 3 heteroatoms. The van der Waals surface area contributed by atoms with Crippen molar-refractivity contribution in [3.63, 3.8) is 0 Å². The number of hydrogen-bond donors (Lipinski definition) is 0. The molecule has 0 saturated heterocycles. The first-order chi connectivity index (χ1) is 7.24. The van der Waals surface area contributed by atoms with Crippen molar-refractivity contribution < 1.29 is 9.53 Å². The van der Waals surface area contributed by atoms with Gasteiger partial charge in [-0.3, -0.25) is 9.79 Å². The Morgan fingerprint density at radius 1 is 1.47 bits per heavy atom. The van der Waals surface area contributed by atoms with E-state index >= 15 is 0 Å². The summed E-state index contributed by atoms with van der Waals surface area (Å²) >= 11 is 0. The van der Waals surface area contributed by atoms with E-state index < -0.39 is 0 Å². The zero-order chi connectivity index (χ0) is 11.1. The molecule has 0 spiro atoms. The number of benzene rings is 1. The van der Waals surface area contributed by atoms with Crippen molar-refractivity contribution in [1.29, 1.82) is 0 Å². The zero-order valence-corrected chi connectivity index (χ0v) is 9.06. The fourth-order valence-electron chi connectivity index (χ4n) is 1.16. The number of carbonyl (C=O) groups is 1. The monoisotopic (exact) mass is 205 g/mol. The summed E-state index contributed by atoms with van der Waals surface area (Å²) in [4.78, 5) is 15.0. The number of esters is 1. The molecule has 0 unspecified atom stereocenters. The lowest BCUT2D eigenvalue weighted by Crippen LogP contribution is -2.07. The molecule has 0 bridgehead atoms. The quantitative estimate of drug-likeness (QED) is 0.557. The highest BCUT2D eigenvalue weighted by Gasteiger charge is 1.97. The molecule has 1 aromatic carbocycles. The van der Waals surface area contributed by atoms with Gasteiger partial charge in [-0.2, -0.15) is 0 Å². The SMILES string of the molecule is CCOC(=O)C/N=C/c1ccccc1C. The number of rotatable bonds is 4. The Hall–Kier alpha value is -1.64. The van der Waals surface area contributed by atoms with E-state index in [1.165, 1.54) is 0 Å². The summed E-state index contributed by atoms with van der Waals surface area (Å²) in [5, 5.41) is 0. The Morgan fingerprint density at radius 2 is 2.20 bits per heavy atom. The predicted octanol–water partition coefficient (Wildman–Crippen LogP) is 1.98. The van der Waals surface area contributed by atoms with Crippen molar-refractivity contribution in [3.8, 4) is 0 Å². The number of nitrogens with zero attached hydrogens (tertiary/aromatic N) is 1. The van der Waals surface area contributed by atoms with Gasteiger partial charge < -0.3 is 4.74 Å². The molecule has 1 rings (SSSR count). The molecule has 0 fully saturated rings. The van der Waals surface area contributed by atoms with Gasteiger partial charge in [-0.05, 0) is 25.0 Å². The van der Waals surface area contributed by atoms with Gasteiger partial charge in [0.25, 0.3) is 0 Å². The Balaban J connectivity index is 2.52. The predicted molar refractivity (Wildman–Crippen MR) is 60.3 cm³/mol. The number of carbonyl (C=O) groups excluding carboxylic acids is 1. The van der Waals surface area contributed by atoms with Crippen LogP contribution in [0.1, 0.15) is 18.1 Å². The van der Waals surface area contributed by atoms with Gasteiger partial charge in [-0.25, -0.2) is 0 Å². The van der Waals surface area contributed by atoms with Crippen molar-refractivity contribution in [2.75, 3.05) is 13.2 Å². The molecule has 0 radical (unpaired) electrons. The van der Waals surface area contributed by atoms with E-state index in [9.17, 15) is 4.79 Å². The van der Waals surface area contributed by atoms with Crippen LogP contribution in [-0.4, -0.2) is 25.3 Å². The molecule has 0 saturated carbocycles. The first-order valence-electron chi connectivity index (χ1n) is 4.95. The minimum Gasteiger partial charge on any atom is -0.465 e. The number of hydrogen-bond acceptors (Lipinski definition) is 3. The smallest absolute Gasteiger partial charge is 0.327 e.